The summed E-state index contributed by atoms with van der Waals surface area (Å²) >= 11 is 5.74. The number of hydrogen-bond donors (Lipinski definition) is 2. The van der Waals surface area contributed by atoms with E-state index in [0.29, 0.717) is 17.1 Å². The van der Waals surface area contributed by atoms with Gasteiger partial charge in [0.25, 0.3) is 0 Å². The van der Waals surface area contributed by atoms with Crippen LogP contribution in [0.5, 0.6) is 0 Å². The first-order valence-corrected chi connectivity index (χ1v) is 5.11. The minimum absolute atomic E-state index is 0.193. The minimum atomic E-state index is 0.193. The SMILES string of the molecule is Cc1ccc(N)c(N)c1-c1ccnc(Cl)n1. The molecular formula is C11H11ClN4. The van der Waals surface area contributed by atoms with Gasteiger partial charge in [-0.1, -0.05) is 6.07 Å². The van der Waals surface area contributed by atoms with Crippen LogP contribution in [0.4, 0.5) is 11.4 Å². The van der Waals surface area contributed by atoms with E-state index in [1.165, 1.54) is 0 Å². The summed E-state index contributed by atoms with van der Waals surface area (Å²) in [6.07, 6.45) is 1.59. The van der Waals surface area contributed by atoms with Crippen molar-refractivity contribution >= 4 is 23.0 Å². The zero-order chi connectivity index (χ0) is 11.7. The van der Waals surface area contributed by atoms with Crippen molar-refractivity contribution in [1.82, 2.24) is 9.97 Å². The smallest absolute Gasteiger partial charge is 0.222 e. The Balaban J connectivity index is 2.68. The Morgan fingerprint density at radius 1 is 1.19 bits per heavy atom. The molecule has 0 aliphatic rings. The van der Waals surface area contributed by atoms with Crippen molar-refractivity contribution in [2.45, 2.75) is 6.92 Å². The van der Waals surface area contributed by atoms with Crippen LogP contribution in [0, 0.1) is 6.92 Å². The summed E-state index contributed by atoms with van der Waals surface area (Å²) in [5, 5.41) is 0.193. The average Bonchev–Trinajstić information content (AvgIpc) is 2.24. The highest BCUT2D eigenvalue weighted by Gasteiger charge is 2.10. The molecule has 0 atom stereocenters. The van der Waals surface area contributed by atoms with Gasteiger partial charge in [0.05, 0.1) is 17.1 Å². The molecule has 1 aromatic carbocycles. The Morgan fingerprint density at radius 3 is 2.62 bits per heavy atom. The minimum Gasteiger partial charge on any atom is -0.397 e. The molecule has 0 unspecified atom stereocenters. The van der Waals surface area contributed by atoms with Crippen LogP contribution in [-0.4, -0.2) is 9.97 Å². The zero-order valence-corrected chi connectivity index (χ0v) is 9.49. The standard InChI is InChI=1S/C11H11ClN4/c1-6-2-3-7(13)10(14)9(6)8-4-5-15-11(12)16-8/h2-5H,13-14H2,1H3. The lowest BCUT2D eigenvalue weighted by Crippen LogP contribution is -2.00. The van der Waals surface area contributed by atoms with E-state index in [9.17, 15) is 0 Å². The molecule has 4 nitrogen and oxygen atoms in total. The van der Waals surface area contributed by atoms with Gasteiger partial charge < -0.3 is 11.5 Å². The van der Waals surface area contributed by atoms with Gasteiger partial charge in [-0.15, -0.1) is 0 Å². The Hall–Kier alpha value is -1.81. The van der Waals surface area contributed by atoms with E-state index < -0.39 is 0 Å². The van der Waals surface area contributed by atoms with Crippen LogP contribution >= 0.6 is 11.6 Å². The van der Waals surface area contributed by atoms with Gasteiger partial charge in [-0.25, -0.2) is 9.97 Å². The van der Waals surface area contributed by atoms with E-state index in [-0.39, 0.29) is 5.28 Å². The lowest BCUT2D eigenvalue weighted by molar-refractivity contribution is 1.17. The van der Waals surface area contributed by atoms with Gasteiger partial charge in [-0.2, -0.15) is 0 Å². The molecule has 2 rings (SSSR count). The van der Waals surface area contributed by atoms with Gasteiger partial charge in [0.2, 0.25) is 5.28 Å². The maximum atomic E-state index is 5.94. The molecule has 2 aromatic rings. The van der Waals surface area contributed by atoms with Crippen molar-refractivity contribution in [3.05, 3.63) is 35.2 Å². The summed E-state index contributed by atoms with van der Waals surface area (Å²) in [6.45, 7) is 1.95. The van der Waals surface area contributed by atoms with Crippen molar-refractivity contribution in [2.24, 2.45) is 0 Å². The van der Waals surface area contributed by atoms with Crippen molar-refractivity contribution in [2.75, 3.05) is 11.5 Å². The van der Waals surface area contributed by atoms with Gasteiger partial charge in [0.1, 0.15) is 0 Å². The van der Waals surface area contributed by atoms with E-state index in [4.69, 9.17) is 23.1 Å². The maximum Gasteiger partial charge on any atom is 0.222 e. The molecule has 0 fully saturated rings. The second-order valence-corrected chi connectivity index (χ2v) is 3.81. The number of aromatic nitrogens is 2. The molecule has 0 saturated carbocycles. The average molecular weight is 235 g/mol. The topological polar surface area (TPSA) is 77.8 Å². The van der Waals surface area contributed by atoms with Crippen LogP contribution in [0.25, 0.3) is 11.3 Å². The molecule has 0 radical (unpaired) electrons. The third-order valence-corrected chi connectivity index (χ3v) is 2.55. The molecule has 4 N–H and O–H groups in total. The number of nitrogens with zero attached hydrogens (tertiary/aromatic N) is 2. The van der Waals surface area contributed by atoms with Crippen molar-refractivity contribution in [3.8, 4) is 11.3 Å². The Bertz CT molecular complexity index is 540. The van der Waals surface area contributed by atoms with Crippen molar-refractivity contribution in [3.63, 3.8) is 0 Å². The summed E-state index contributed by atoms with van der Waals surface area (Å²) in [4.78, 5) is 7.95. The molecule has 0 saturated heterocycles. The van der Waals surface area contributed by atoms with Crippen LogP contribution in [0.15, 0.2) is 24.4 Å². The molecule has 1 heterocycles. The summed E-state index contributed by atoms with van der Waals surface area (Å²) in [7, 11) is 0. The highest BCUT2D eigenvalue weighted by molar-refractivity contribution is 6.28. The van der Waals surface area contributed by atoms with Gasteiger partial charge in [0.15, 0.2) is 0 Å². The Morgan fingerprint density at radius 2 is 1.94 bits per heavy atom. The third-order valence-electron chi connectivity index (χ3n) is 2.37. The maximum absolute atomic E-state index is 5.94. The second kappa shape index (κ2) is 3.98. The Kier molecular flexibility index (Phi) is 2.66. The number of nitrogen functional groups attached to an aromatic ring is 2. The van der Waals surface area contributed by atoms with E-state index in [2.05, 4.69) is 9.97 Å². The van der Waals surface area contributed by atoms with E-state index in [0.717, 1.165) is 11.1 Å². The van der Waals surface area contributed by atoms with Gasteiger partial charge >= 0.3 is 0 Å². The summed E-state index contributed by atoms with van der Waals surface area (Å²) in [6, 6.07) is 5.43. The first-order chi connectivity index (χ1) is 7.59. The van der Waals surface area contributed by atoms with E-state index in [1.807, 2.05) is 13.0 Å². The second-order valence-electron chi connectivity index (χ2n) is 3.47. The van der Waals surface area contributed by atoms with Crippen LogP contribution in [-0.2, 0) is 0 Å². The number of benzene rings is 1. The third kappa shape index (κ3) is 1.79. The first kappa shape index (κ1) is 10.7. The largest absolute Gasteiger partial charge is 0.397 e. The van der Waals surface area contributed by atoms with Crippen LogP contribution in [0.3, 0.4) is 0 Å². The molecule has 0 aliphatic heterocycles. The van der Waals surface area contributed by atoms with Crippen LogP contribution < -0.4 is 11.5 Å². The quantitative estimate of drug-likeness (QED) is 0.586. The van der Waals surface area contributed by atoms with E-state index in [1.54, 1.807) is 18.3 Å². The lowest BCUT2D eigenvalue weighted by atomic mass is 10.0. The zero-order valence-electron chi connectivity index (χ0n) is 8.74. The molecular weight excluding hydrogens is 224 g/mol. The normalized spacial score (nSPS) is 10.4. The molecule has 0 bridgehead atoms. The van der Waals surface area contributed by atoms with Gasteiger partial charge in [-0.3, -0.25) is 0 Å². The van der Waals surface area contributed by atoms with Crippen LogP contribution in [0.2, 0.25) is 5.28 Å². The molecule has 82 valence electrons. The lowest BCUT2D eigenvalue weighted by Gasteiger charge is -2.10. The highest BCUT2D eigenvalue weighted by atomic mass is 35.5. The number of hydrogen-bond acceptors (Lipinski definition) is 4. The fourth-order valence-electron chi connectivity index (χ4n) is 1.56. The number of rotatable bonds is 1. The Labute approximate surface area is 98.3 Å². The van der Waals surface area contributed by atoms with Gasteiger partial charge in [0, 0.05) is 11.8 Å². The predicted molar refractivity (Wildman–Crippen MR) is 66.0 cm³/mol. The molecule has 16 heavy (non-hydrogen) atoms. The first-order valence-electron chi connectivity index (χ1n) is 4.73. The molecule has 0 spiro atoms. The number of nitrogens with two attached hydrogens (primary N) is 2. The molecule has 0 amide bonds. The number of aryl methyl sites for hydroxylation is 1. The van der Waals surface area contributed by atoms with Crippen molar-refractivity contribution < 1.29 is 0 Å². The summed E-state index contributed by atoms with van der Waals surface area (Å²) < 4.78 is 0. The fraction of sp³-hybridized carbons (Fsp3) is 0.0909. The number of anilines is 2. The summed E-state index contributed by atoms with van der Waals surface area (Å²) in [5.41, 5.74) is 15.3. The predicted octanol–water partition coefficient (Wildman–Crippen LogP) is 2.27. The number of halogens is 1. The summed E-state index contributed by atoms with van der Waals surface area (Å²) in [5.74, 6) is 0. The van der Waals surface area contributed by atoms with Crippen LogP contribution in [0.1, 0.15) is 5.56 Å². The molecule has 5 heteroatoms. The van der Waals surface area contributed by atoms with Crippen molar-refractivity contribution in [1.29, 1.82) is 0 Å². The molecule has 1 aromatic heterocycles. The van der Waals surface area contributed by atoms with E-state index >= 15 is 0 Å². The van der Waals surface area contributed by atoms with Gasteiger partial charge in [-0.05, 0) is 36.2 Å². The fourth-order valence-corrected chi connectivity index (χ4v) is 1.71. The highest BCUT2D eigenvalue weighted by Crippen LogP contribution is 2.32. The molecule has 0 aliphatic carbocycles. The monoisotopic (exact) mass is 234 g/mol.